The largest absolute Gasteiger partial charge is 0.494 e. The van der Waals surface area contributed by atoms with Crippen molar-refractivity contribution in [1.29, 1.82) is 0 Å². The first kappa shape index (κ1) is 17.7. The van der Waals surface area contributed by atoms with Gasteiger partial charge in [-0.3, -0.25) is 9.79 Å². The molecule has 4 nitrogen and oxygen atoms in total. The van der Waals surface area contributed by atoms with E-state index < -0.39 is 8.07 Å². The molecule has 0 aromatic heterocycles. The molecule has 2 aliphatic rings. The van der Waals surface area contributed by atoms with Crippen molar-refractivity contribution in [1.82, 2.24) is 0 Å². The third-order valence-electron chi connectivity index (χ3n) is 3.90. The Balaban J connectivity index is 2.03. The number of esters is 1. The van der Waals surface area contributed by atoms with E-state index in [9.17, 15) is 9.18 Å². The van der Waals surface area contributed by atoms with Crippen LogP contribution in [0.3, 0.4) is 0 Å². The molecule has 0 saturated heterocycles. The summed E-state index contributed by atoms with van der Waals surface area (Å²) in [6, 6.07) is 0.947. The molecular formula is C17H24FNO3Si. The normalized spacial score (nSPS) is 17.8. The predicted octanol–water partition coefficient (Wildman–Crippen LogP) is 4.14. The van der Waals surface area contributed by atoms with Gasteiger partial charge in [-0.15, -0.1) is 0 Å². The number of ether oxygens (including phenoxy) is 2. The van der Waals surface area contributed by atoms with E-state index in [1.165, 1.54) is 7.11 Å². The summed E-state index contributed by atoms with van der Waals surface area (Å²) in [7, 11) is 0.215. The number of methoxy groups -OCH3 is 1. The van der Waals surface area contributed by atoms with Crippen molar-refractivity contribution in [3.63, 3.8) is 0 Å². The van der Waals surface area contributed by atoms with Crippen LogP contribution in [0.5, 0.6) is 0 Å². The van der Waals surface area contributed by atoms with E-state index in [-0.39, 0.29) is 30.4 Å². The monoisotopic (exact) mass is 337 g/mol. The van der Waals surface area contributed by atoms with Crippen LogP contribution < -0.4 is 0 Å². The Morgan fingerprint density at radius 3 is 2.70 bits per heavy atom. The second-order valence-corrected chi connectivity index (χ2v) is 12.7. The maximum absolute atomic E-state index is 13.8. The van der Waals surface area contributed by atoms with Crippen LogP contribution in [0.15, 0.2) is 39.5 Å². The fourth-order valence-corrected chi connectivity index (χ4v) is 3.22. The molecule has 6 heteroatoms. The van der Waals surface area contributed by atoms with Crippen LogP contribution in [-0.2, 0) is 14.3 Å². The number of carbonyl (C=O) groups is 1. The highest BCUT2D eigenvalue weighted by Crippen LogP contribution is 2.36. The van der Waals surface area contributed by atoms with E-state index in [1.807, 2.05) is 6.92 Å². The van der Waals surface area contributed by atoms with Gasteiger partial charge in [0.1, 0.15) is 5.83 Å². The first-order valence-corrected chi connectivity index (χ1v) is 11.5. The van der Waals surface area contributed by atoms with Crippen molar-refractivity contribution in [2.75, 3.05) is 13.7 Å². The van der Waals surface area contributed by atoms with Gasteiger partial charge < -0.3 is 9.47 Å². The lowest BCUT2D eigenvalue weighted by molar-refractivity contribution is -0.142. The van der Waals surface area contributed by atoms with E-state index >= 15 is 0 Å². The lowest BCUT2D eigenvalue weighted by Gasteiger charge is -2.17. The minimum Gasteiger partial charge on any atom is -0.494 e. The second kappa shape index (κ2) is 6.82. The number of allylic oxidation sites excluding steroid dienone is 4. The molecule has 126 valence electrons. The molecular weight excluding hydrogens is 313 g/mol. The Bertz CT molecular complexity index is 639. The van der Waals surface area contributed by atoms with Crippen LogP contribution in [0.2, 0.25) is 25.7 Å². The van der Waals surface area contributed by atoms with Crippen LogP contribution in [0.1, 0.15) is 19.8 Å². The van der Waals surface area contributed by atoms with E-state index in [0.29, 0.717) is 12.3 Å². The first-order chi connectivity index (χ1) is 10.7. The van der Waals surface area contributed by atoms with Gasteiger partial charge in [0, 0.05) is 25.8 Å². The molecule has 0 saturated carbocycles. The van der Waals surface area contributed by atoms with Crippen molar-refractivity contribution in [2.45, 2.75) is 45.5 Å². The molecule has 0 atom stereocenters. The maximum Gasteiger partial charge on any atom is 0.310 e. The Hall–Kier alpha value is -1.69. The summed E-state index contributed by atoms with van der Waals surface area (Å²) < 4.78 is 24.2. The maximum atomic E-state index is 13.8. The van der Waals surface area contributed by atoms with Crippen molar-refractivity contribution in [2.24, 2.45) is 4.99 Å². The topological polar surface area (TPSA) is 47.9 Å². The number of aliphatic imine (C=N–C) groups is 1. The molecule has 0 unspecified atom stereocenters. The molecule has 0 amide bonds. The van der Waals surface area contributed by atoms with E-state index in [4.69, 9.17) is 9.47 Å². The predicted molar refractivity (Wildman–Crippen MR) is 91.7 cm³/mol. The number of nitrogens with zero attached hydrogens (tertiary/aromatic N) is 1. The number of carbonyl (C=O) groups excluding carboxylic acids is 1. The lowest BCUT2D eigenvalue weighted by atomic mass is 9.93. The van der Waals surface area contributed by atoms with Gasteiger partial charge >= 0.3 is 5.97 Å². The summed E-state index contributed by atoms with van der Waals surface area (Å²) in [6.07, 6.45) is 1.90. The van der Waals surface area contributed by atoms with Crippen molar-refractivity contribution in [3.8, 4) is 0 Å². The van der Waals surface area contributed by atoms with Gasteiger partial charge in [-0.05, 0) is 24.6 Å². The van der Waals surface area contributed by atoms with Gasteiger partial charge in [-0.2, -0.15) is 0 Å². The van der Waals surface area contributed by atoms with Crippen LogP contribution in [-0.4, -0.2) is 33.5 Å². The van der Waals surface area contributed by atoms with E-state index in [2.05, 4.69) is 24.6 Å². The van der Waals surface area contributed by atoms with Crippen molar-refractivity contribution in [3.05, 3.63) is 34.5 Å². The van der Waals surface area contributed by atoms with Gasteiger partial charge in [-0.1, -0.05) is 19.6 Å². The summed E-state index contributed by atoms with van der Waals surface area (Å²) in [6.45, 7) is 9.02. The van der Waals surface area contributed by atoms with Gasteiger partial charge in [-0.25, -0.2) is 4.39 Å². The van der Waals surface area contributed by atoms with Gasteiger partial charge in [0.25, 0.3) is 0 Å². The molecule has 0 spiro atoms. The highest BCUT2D eigenvalue weighted by molar-refractivity contribution is 6.76. The van der Waals surface area contributed by atoms with E-state index in [0.717, 1.165) is 22.9 Å². The Morgan fingerprint density at radius 1 is 1.39 bits per heavy atom. The molecule has 0 fully saturated rings. The van der Waals surface area contributed by atoms with Crippen molar-refractivity contribution < 1.29 is 18.7 Å². The number of hydrogen-bond donors (Lipinski definition) is 0. The zero-order valence-corrected chi connectivity index (χ0v) is 15.5. The molecule has 1 aliphatic heterocycles. The summed E-state index contributed by atoms with van der Waals surface area (Å²) >= 11 is 0. The average molecular weight is 337 g/mol. The average Bonchev–Trinajstić information content (AvgIpc) is 2.72. The third kappa shape index (κ3) is 4.40. The molecule has 1 heterocycles. The molecule has 1 aliphatic carbocycles. The third-order valence-corrected chi connectivity index (χ3v) is 5.60. The van der Waals surface area contributed by atoms with Crippen molar-refractivity contribution >= 4 is 19.8 Å². The fraction of sp³-hybridized carbons (Fsp3) is 0.529. The van der Waals surface area contributed by atoms with Gasteiger partial charge in [0.15, 0.2) is 5.76 Å². The van der Waals surface area contributed by atoms with Crippen LogP contribution in [0.4, 0.5) is 4.39 Å². The standard InChI is InChI=1S/C17H24FNO3Si/c1-11-12(9-17(20)22-6-7-23(3,4)5)13-8-16(21-2)14(18)10-15(13)19-11/h8H,6-7,9-10H2,1-5H3. The fourth-order valence-electron chi connectivity index (χ4n) is 2.51. The number of rotatable bonds is 6. The zero-order chi connectivity index (χ0) is 17.2. The number of halogens is 1. The summed E-state index contributed by atoms with van der Waals surface area (Å²) in [5.74, 6) is -0.385. The number of hydrogen-bond acceptors (Lipinski definition) is 4. The zero-order valence-electron chi connectivity index (χ0n) is 14.5. The SMILES string of the molecule is COC1=C(F)CC2=NC(C)=C(CC(=O)OCC[Si](C)(C)C)C2=C1. The molecule has 23 heavy (non-hydrogen) atoms. The molecule has 0 aromatic carbocycles. The molecule has 0 aromatic rings. The van der Waals surface area contributed by atoms with E-state index in [1.54, 1.807) is 6.08 Å². The Morgan fingerprint density at radius 2 is 2.09 bits per heavy atom. The Kier molecular flexibility index (Phi) is 5.24. The molecule has 0 bridgehead atoms. The van der Waals surface area contributed by atoms with Gasteiger partial charge in [0.05, 0.1) is 25.8 Å². The number of fused-ring (bicyclic) bond motifs is 1. The smallest absolute Gasteiger partial charge is 0.310 e. The highest BCUT2D eigenvalue weighted by atomic mass is 28.3. The minimum absolute atomic E-state index is 0.112. The Labute approximate surface area is 137 Å². The van der Waals surface area contributed by atoms with Crippen LogP contribution in [0, 0.1) is 0 Å². The quantitative estimate of drug-likeness (QED) is 0.540. The summed E-state index contributed by atoms with van der Waals surface area (Å²) in [4.78, 5) is 16.5. The second-order valence-electron chi connectivity index (χ2n) is 7.04. The first-order valence-electron chi connectivity index (χ1n) is 7.79. The molecule has 2 rings (SSSR count). The lowest BCUT2D eigenvalue weighted by Crippen LogP contribution is -2.23. The van der Waals surface area contributed by atoms with Crippen LogP contribution >= 0.6 is 0 Å². The van der Waals surface area contributed by atoms with Gasteiger partial charge in [0.2, 0.25) is 0 Å². The summed E-state index contributed by atoms with van der Waals surface area (Å²) in [5, 5.41) is 0. The molecule has 0 N–H and O–H groups in total. The van der Waals surface area contributed by atoms with Crippen LogP contribution in [0.25, 0.3) is 0 Å². The minimum atomic E-state index is -1.22. The highest BCUT2D eigenvalue weighted by Gasteiger charge is 2.29. The summed E-state index contributed by atoms with van der Waals surface area (Å²) in [5.41, 5.74) is 3.01. The molecule has 0 radical (unpaired) electrons.